The minimum atomic E-state index is 0.398. The molecule has 1 aliphatic heterocycles. The van der Waals surface area contributed by atoms with Crippen LogP contribution in [0.2, 0.25) is 0 Å². The maximum atomic E-state index is 5.37. The quantitative estimate of drug-likeness (QED) is 0.822. The van der Waals surface area contributed by atoms with E-state index in [1.165, 1.54) is 4.88 Å². The zero-order valence-corrected chi connectivity index (χ0v) is 8.95. The van der Waals surface area contributed by atoms with Crippen LogP contribution in [0.5, 0.6) is 0 Å². The molecule has 0 unspecified atom stereocenters. The largest absolute Gasteiger partial charge is 0.378 e. The summed E-state index contributed by atoms with van der Waals surface area (Å²) in [6.45, 7) is 2.59. The van der Waals surface area contributed by atoms with Crippen molar-refractivity contribution in [3.63, 3.8) is 0 Å². The molecule has 2 rings (SSSR count). The molecule has 1 aromatic heterocycles. The smallest absolute Gasteiger partial charge is 0.0670 e. The van der Waals surface area contributed by atoms with Crippen molar-refractivity contribution in [2.24, 2.45) is 0 Å². The first-order chi connectivity index (χ1) is 5.86. The summed E-state index contributed by atoms with van der Waals surface area (Å²) >= 11 is 5.21. The summed E-state index contributed by atoms with van der Waals surface area (Å²) in [5, 5.41) is 5.52. The van der Waals surface area contributed by atoms with Crippen LogP contribution in [0.1, 0.15) is 10.9 Å². The number of thiophene rings is 1. The first-order valence-corrected chi connectivity index (χ1v) is 5.58. The third kappa shape index (κ3) is 1.88. The lowest BCUT2D eigenvalue weighted by atomic mass is 10.2. The van der Waals surface area contributed by atoms with Crippen LogP contribution in [0.25, 0.3) is 0 Å². The summed E-state index contributed by atoms with van der Waals surface area (Å²) in [5.74, 6) is 0. The van der Waals surface area contributed by atoms with E-state index in [1.54, 1.807) is 11.3 Å². The highest BCUT2D eigenvalue weighted by molar-refractivity contribution is 9.10. The second kappa shape index (κ2) is 3.87. The Morgan fingerprint density at radius 1 is 1.67 bits per heavy atom. The van der Waals surface area contributed by atoms with Gasteiger partial charge in [0.25, 0.3) is 0 Å². The maximum Gasteiger partial charge on any atom is 0.0670 e. The van der Waals surface area contributed by atoms with Crippen LogP contribution in [0.4, 0.5) is 0 Å². The van der Waals surface area contributed by atoms with Gasteiger partial charge in [0.1, 0.15) is 0 Å². The number of hydrogen-bond acceptors (Lipinski definition) is 3. The first-order valence-electron chi connectivity index (χ1n) is 3.91. The lowest BCUT2D eigenvalue weighted by molar-refractivity contribution is 0.0779. The van der Waals surface area contributed by atoms with Gasteiger partial charge in [0.15, 0.2) is 0 Å². The fraction of sp³-hybridized carbons (Fsp3) is 0.500. The van der Waals surface area contributed by atoms with E-state index in [0.29, 0.717) is 6.04 Å². The van der Waals surface area contributed by atoms with Crippen LogP contribution in [-0.2, 0) is 4.74 Å². The molecule has 2 heterocycles. The van der Waals surface area contributed by atoms with Gasteiger partial charge in [-0.15, -0.1) is 11.3 Å². The number of ether oxygens (including phenoxy) is 1. The van der Waals surface area contributed by atoms with Gasteiger partial charge in [-0.2, -0.15) is 0 Å². The van der Waals surface area contributed by atoms with E-state index in [0.717, 1.165) is 24.2 Å². The van der Waals surface area contributed by atoms with Gasteiger partial charge in [-0.25, -0.2) is 0 Å². The summed E-state index contributed by atoms with van der Waals surface area (Å²) in [6.07, 6.45) is 0. The normalized spacial score (nSPS) is 24.2. The van der Waals surface area contributed by atoms with Crippen molar-refractivity contribution in [1.82, 2.24) is 5.32 Å². The van der Waals surface area contributed by atoms with Gasteiger partial charge >= 0.3 is 0 Å². The predicted molar refractivity (Wildman–Crippen MR) is 53.6 cm³/mol. The molecular weight excluding hydrogens is 238 g/mol. The van der Waals surface area contributed by atoms with E-state index in [1.807, 2.05) is 0 Å². The fourth-order valence-corrected chi connectivity index (χ4v) is 2.77. The van der Waals surface area contributed by atoms with Gasteiger partial charge in [0, 0.05) is 21.3 Å². The molecule has 0 amide bonds. The SMILES string of the molecule is Brc1csc([C@H]2COCCN2)c1. The van der Waals surface area contributed by atoms with Gasteiger partial charge in [-0.05, 0) is 22.0 Å². The Labute approximate surface area is 84.1 Å². The molecule has 1 fully saturated rings. The van der Waals surface area contributed by atoms with Gasteiger partial charge in [0.2, 0.25) is 0 Å². The monoisotopic (exact) mass is 247 g/mol. The Bertz CT molecular complexity index is 257. The van der Waals surface area contributed by atoms with Gasteiger partial charge in [-0.1, -0.05) is 0 Å². The Hall–Kier alpha value is 0.1000. The Balaban J connectivity index is 2.08. The molecule has 4 heteroatoms. The molecule has 0 bridgehead atoms. The minimum Gasteiger partial charge on any atom is -0.378 e. The molecule has 1 N–H and O–H groups in total. The Morgan fingerprint density at radius 2 is 2.58 bits per heavy atom. The van der Waals surface area contributed by atoms with Crippen molar-refractivity contribution in [2.45, 2.75) is 6.04 Å². The van der Waals surface area contributed by atoms with Crippen molar-refractivity contribution in [2.75, 3.05) is 19.8 Å². The van der Waals surface area contributed by atoms with Crippen LogP contribution in [0.15, 0.2) is 15.9 Å². The molecule has 0 saturated carbocycles. The van der Waals surface area contributed by atoms with E-state index in [-0.39, 0.29) is 0 Å². The number of hydrogen-bond donors (Lipinski definition) is 1. The van der Waals surface area contributed by atoms with E-state index in [9.17, 15) is 0 Å². The summed E-state index contributed by atoms with van der Waals surface area (Å²) in [6, 6.07) is 2.55. The van der Waals surface area contributed by atoms with Crippen molar-refractivity contribution < 1.29 is 4.74 Å². The summed E-state index contributed by atoms with van der Waals surface area (Å²) < 4.78 is 6.54. The lowest BCUT2D eigenvalue weighted by Crippen LogP contribution is -2.33. The van der Waals surface area contributed by atoms with Crippen LogP contribution in [0, 0.1) is 0 Å². The second-order valence-electron chi connectivity index (χ2n) is 2.75. The minimum absolute atomic E-state index is 0.398. The number of nitrogens with one attached hydrogen (secondary N) is 1. The Kier molecular flexibility index (Phi) is 2.80. The molecule has 1 atom stereocenters. The van der Waals surface area contributed by atoms with Crippen molar-refractivity contribution in [3.05, 3.63) is 20.8 Å². The van der Waals surface area contributed by atoms with Crippen LogP contribution >= 0.6 is 27.3 Å². The standard InChI is InChI=1S/C8H10BrNOS/c9-6-3-8(12-5-6)7-4-11-2-1-10-7/h3,5,7,10H,1-2,4H2/t7-/m1/s1. The topological polar surface area (TPSA) is 21.3 Å². The number of morpholine rings is 1. The van der Waals surface area contributed by atoms with Crippen molar-refractivity contribution >= 4 is 27.3 Å². The molecule has 1 aromatic rings. The molecule has 0 aliphatic carbocycles. The molecular formula is C8H10BrNOS. The zero-order valence-electron chi connectivity index (χ0n) is 6.55. The highest BCUT2D eigenvalue weighted by Gasteiger charge is 2.16. The summed E-state index contributed by atoms with van der Waals surface area (Å²) in [7, 11) is 0. The molecule has 0 radical (unpaired) electrons. The van der Waals surface area contributed by atoms with E-state index in [4.69, 9.17) is 4.74 Å². The summed E-state index contributed by atoms with van der Waals surface area (Å²) in [5.41, 5.74) is 0. The zero-order chi connectivity index (χ0) is 8.39. The highest BCUT2D eigenvalue weighted by atomic mass is 79.9. The molecule has 2 nitrogen and oxygen atoms in total. The Morgan fingerprint density at radius 3 is 3.17 bits per heavy atom. The number of rotatable bonds is 1. The third-order valence-corrected chi connectivity index (χ3v) is 3.66. The summed E-state index contributed by atoms with van der Waals surface area (Å²) in [4.78, 5) is 1.35. The van der Waals surface area contributed by atoms with Gasteiger partial charge < -0.3 is 10.1 Å². The second-order valence-corrected chi connectivity index (χ2v) is 4.61. The van der Waals surface area contributed by atoms with Crippen molar-refractivity contribution in [3.8, 4) is 0 Å². The van der Waals surface area contributed by atoms with Crippen LogP contribution in [0.3, 0.4) is 0 Å². The predicted octanol–water partition coefficient (Wildman–Crippen LogP) is 2.17. The molecule has 1 saturated heterocycles. The molecule has 0 spiro atoms. The number of halogens is 1. The highest BCUT2D eigenvalue weighted by Crippen LogP contribution is 2.26. The maximum absolute atomic E-state index is 5.37. The first kappa shape index (κ1) is 8.69. The van der Waals surface area contributed by atoms with E-state index in [2.05, 4.69) is 32.7 Å². The van der Waals surface area contributed by atoms with Crippen molar-refractivity contribution in [1.29, 1.82) is 0 Å². The van der Waals surface area contributed by atoms with E-state index < -0.39 is 0 Å². The lowest BCUT2D eigenvalue weighted by Gasteiger charge is -2.22. The van der Waals surface area contributed by atoms with Gasteiger partial charge in [0.05, 0.1) is 19.3 Å². The average molecular weight is 248 g/mol. The molecule has 0 aromatic carbocycles. The fourth-order valence-electron chi connectivity index (χ4n) is 1.26. The van der Waals surface area contributed by atoms with Crippen LogP contribution in [-0.4, -0.2) is 19.8 Å². The molecule has 1 aliphatic rings. The molecule has 12 heavy (non-hydrogen) atoms. The molecule has 66 valence electrons. The van der Waals surface area contributed by atoms with E-state index >= 15 is 0 Å². The average Bonchev–Trinajstić information content (AvgIpc) is 2.54. The van der Waals surface area contributed by atoms with Crippen LogP contribution < -0.4 is 5.32 Å². The van der Waals surface area contributed by atoms with Gasteiger partial charge in [-0.3, -0.25) is 0 Å². The third-order valence-electron chi connectivity index (χ3n) is 1.85.